The fourth-order valence-corrected chi connectivity index (χ4v) is 4.90. The Morgan fingerprint density at radius 3 is 2.41 bits per heavy atom. The Kier molecular flexibility index (Phi) is 6.77. The van der Waals surface area contributed by atoms with E-state index < -0.39 is 41.9 Å². The molecule has 1 aliphatic heterocycles. The lowest BCUT2D eigenvalue weighted by atomic mass is 9.78. The van der Waals surface area contributed by atoms with E-state index in [0.717, 1.165) is 10.0 Å². The minimum absolute atomic E-state index is 0.0234. The molecule has 0 saturated carbocycles. The molecular formula is C25H22Cl2N2O5. The first-order valence-corrected chi connectivity index (χ1v) is 11.5. The van der Waals surface area contributed by atoms with Crippen molar-refractivity contribution in [2.45, 2.75) is 13.3 Å². The highest BCUT2D eigenvalue weighted by atomic mass is 35.5. The number of hydrogen-bond acceptors (Lipinski definition) is 5. The Morgan fingerprint density at radius 1 is 1.09 bits per heavy atom. The number of hydrogen-bond donors (Lipinski definition) is 0. The van der Waals surface area contributed by atoms with Gasteiger partial charge in [-0.25, -0.2) is 5.01 Å². The summed E-state index contributed by atoms with van der Waals surface area (Å²) < 4.78 is 5.12. The van der Waals surface area contributed by atoms with E-state index in [2.05, 4.69) is 0 Å². The van der Waals surface area contributed by atoms with Gasteiger partial charge in [0, 0.05) is 10.6 Å². The third-order valence-corrected chi connectivity index (χ3v) is 6.74. The Hall–Kier alpha value is -3.16. The number of Topliss-reactive ketones (excluding diaryl/α,β-unsaturated/α-hetero) is 1. The van der Waals surface area contributed by atoms with Crippen molar-refractivity contribution in [3.8, 4) is 5.75 Å². The standard InChI is InChI=1S/C25H22Cl2N2O5/c1-14-4-3-5-19-22(14)25(33)29(24(19)32)28(23(31)18-11-8-16(26)12-20(18)27)13-21(30)15-6-9-17(34-2)10-7-15/h3-4,6-12,14,19,22H,5,13H2,1-2H3/t14-,19-,22+/m1/s1. The third-order valence-electron chi connectivity index (χ3n) is 6.19. The number of halogens is 2. The van der Waals surface area contributed by atoms with Crippen LogP contribution in [0.4, 0.5) is 0 Å². The van der Waals surface area contributed by atoms with Gasteiger partial charge in [-0.1, -0.05) is 42.3 Å². The monoisotopic (exact) mass is 500 g/mol. The van der Waals surface area contributed by atoms with Crippen molar-refractivity contribution in [1.82, 2.24) is 10.0 Å². The van der Waals surface area contributed by atoms with E-state index in [0.29, 0.717) is 22.8 Å². The fourth-order valence-electron chi connectivity index (χ4n) is 4.41. The normalized spacial score (nSPS) is 21.4. The molecule has 0 aromatic heterocycles. The molecule has 1 saturated heterocycles. The summed E-state index contributed by atoms with van der Waals surface area (Å²) in [6.07, 6.45) is 4.15. The van der Waals surface area contributed by atoms with Crippen molar-refractivity contribution in [2.75, 3.05) is 13.7 Å². The molecule has 1 aliphatic carbocycles. The number of ketones is 1. The van der Waals surface area contributed by atoms with Crippen LogP contribution in [0, 0.1) is 17.8 Å². The number of ether oxygens (including phenoxy) is 1. The van der Waals surface area contributed by atoms with Crippen LogP contribution < -0.4 is 4.74 Å². The van der Waals surface area contributed by atoms with Crippen LogP contribution in [-0.4, -0.2) is 47.2 Å². The Bertz CT molecular complexity index is 1190. The summed E-state index contributed by atoms with van der Waals surface area (Å²) in [5.74, 6) is -3.00. The number of nitrogens with zero attached hydrogens (tertiary/aromatic N) is 2. The van der Waals surface area contributed by atoms with Crippen LogP contribution >= 0.6 is 23.2 Å². The molecule has 2 aliphatic rings. The van der Waals surface area contributed by atoms with E-state index in [1.807, 2.05) is 19.1 Å². The predicted molar refractivity (Wildman–Crippen MR) is 127 cm³/mol. The maximum atomic E-state index is 13.6. The smallest absolute Gasteiger partial charge is 0.274 e. The zero-order chi connectivity index (χ0) is 24.6. The Labute approximate surface area is 206 Å². The van der Waals surface area contributed by atoms with Gasteiger partial charge in [0.15, 0.2) is 5.78 Å². The van der Waals surface area contributed by atoms with Gasteiger partial charge in [-0.05, 0) is 54.8 Å². The summed E-state index contributed by atoms with van der Waals surface area (Å²) in [6.45, 7) is 1.33. The lowest BCUT2D eigenvalue weighted by Crippen LogP contribution is -2.52. The molecular weight excluding hydrogens is 479 g/mol. The first-order chi connectivity index (χ1) is 16.2. The fraction of sp³-hybridized carbons (Fsp3) is 0.280. The topological polar surface area (TPSA) is 84.0 Å². The van der Waals surface area contributed by atoms with Gasteiger partial charge in [0.25, 0.3) is 17.7 Å². The SMILES string of the molecule is COc1ccc(C(=O)CN(C(=O)c2ccc(Cl)cc2Cl)N2C(=O)[C@H]3[C@H](C)C=CC[C@H]3C2=O)cc1. The van der Waals surface area contributed by atoms with Crippen molar-refractivity contribution < 1.29 is 23.9 Å². The van der Waals surface area contributed by atoms with Gasteiger partial charge in [0.05, 0.1) is 29.5 Å². The summed E-state index contributed by atoms with van der Waals surface area (Å²) in [7, 11) is 1.51. The molecule has 0 bridgehead atoms. The van der Waals surface area contributed by atoms with Crippen LogP contribution in [-0.2, 0) is 9.59 Å². The zero-order valence-corrected chi connectivity index (χ0v) is 20.0. The largest absolute Gasteiger partial charge is 0.497 e. The number of amides is 3. The maximum absolute atomic E-state index is 13.6. The van der Waals surface area contributed by atoms with Crippen LogP contribution in [0.3, 0.4) is 0 Å². The van der Waals surface area contributed by atoms with E-state index in [1.54, 1.807) is 24.3 Å². The summed E-state index contributed by atoms with van der Waals surface area (Å²) in [6, 6.07) is 10.6. The minimum Gasteiger partial charge on any atom is -0.497 e. The molecule has 2 aromatic carbocycles. The molecule has 3 amide bonds. The molecule has 4 rings (SSSR count). The molecule has 0 radical (unpaired) electrons. The Morgan fingerprint density at radius 2 is 1.79 bits per heavy atom. The van der Waals surface area contributed by atoms with Crippen molar-refractivity contribution in [1.29, 1.82) is 0 Å². The van der Waals surface area contributed by atoms with E-state index >= 15 is 0 Å². The third kappa shape index (κ3) is 4.33. The van der Waals surface area contributed by atoms with Gasteiger partial charge < -0.3 is 4.74 Å². The van der Waals surface area contributed by atoms with Crippen molar-refractivity contribution >= 4 is 46.7 Å². The lowest BCUT2D eigenvalue weighted by Gasteiger charge is -2.30. The molecule has 176 valence electrons. The highest BCUT2D eigenvalue weighted by Gasteiger charge is 2.53. The second-order valence-electron chi connectivity index (χ2n) is 8.28. The van der Waals surface area contributed by atoms with E-state index in [4.69, 9.17) is 27.9 Å². The molecule has 34 heavy (non-hydrogen) atoms. The zero-order valence-electron chi connectivity index (χ0n) is 18.5. The van der Waals surface area contributed by atoms with Gasteiger partial charge in [-0.3, -0.25) is 19.2 Å². The van der Waals surface area contributed by atoms with Crippen LogP contribution in [0.25, 0.3) is 0 Å². The second kappa shape index (κ2) is 9.60. The summed E-state index contributed by atoms with van der Waals surface area (Å²) in [5.41, 5.74) is 0.322. The van der Waals surface area contributed by atoms with Gasteiger partial charge in [-0.15, -0.1) is 0 Å². The number of methoxy groups -OCH3 is 1. The minimum atomic E-state index is -0.746. The van der Waals surface area contributed by atoms with Crippen LogP contribution in [0.15, 0.2) is 54.6 Å². The van der Waals surface area contributed by atoms with Crippen LogP contribution in [0.5, 0.6) is 5.75 Å². The highest BCUT2D eigenvalue weighted by molar-refractivity contribution is 6.36. The van der Waals surface area contributed by atoms with Crippen molar-refractivity contribution in [3.63, 3.8) is 0 Å². The van der Waals surface area contributed by atoms with Gasteiger partial charge in [-0.2, -0.15) is 5.01 Å². The highest BCUT2D eigenvalue weighted by Crippen LogP contribution is 2.39. The number of rotatable bonds is 6. The summed E-state index contributed by atoms with van der Waals surface area (Å²) >= 11 is 12.2. The summed E-state index contributed by atoms with van der Waals surface area (Å²) in [5, 5.41) is 2.10. The average molecular weight is 501 g/mol. The molecule has 0 spiro atoms. The quantitative estimate of drug-likeness (QED) is 0.332. The number of fused-ring (bicyclic) bond motifs is 1. The molecule has 2 aromatic rings. The Balaban J connectivity index is 1.72. The number of hydrazine groups is 1. The van der Waals surface area contributed by atoms with Gasteiger partial charge in [0.1, 0.15) is 12.3 Å². The van der Waals surface area contributed by atoms with Crippen LogP contribution in [0.1, 0.15) is 34.1 Å². The van der Waals surface area contributed by atoms with Gasteiger partial charge >= 0.3 is 0 Å². The molecule has 7 nitrogen and oxygen atoms in total. The van der Waals surface area contributed by atoms with Gasteiger partial charge in [0.2, 0.25) is 0 Å². The van der Waals surface area contributed by atoms with E-state index in [1.165, 1.54) is 25.3 Å². The van der Waals surface area contributed by atoms with Crippen molar-refractivity contribution in [2.24, 2.45) is 17.8 Å². The maximum Gasteiger partial charge on any atom is 0.274 e. The number of carbonyl (C=O) groups is 4. The summed E-state index contributed by atoms with van der Waals surface area (Å²) in [4.78, 5) is 53.4. The number of benzene rings is 2. The van der Waals surface area contributed by atoms with E-state index in [-0.39, 0.29) is 16.5 Å². The molecule has 3 atom stereocenters. The van der Waals surface area contributed by atoms with E-state index in [9.17, 15) is 19.2 Å². The molecule has 9 heteroatoms. The first kappa shape index (κ1) is 24.0. The number of allylic oxidation sites excluding steroid dienone is 2. The van der Waals surface area contributed by atoms with Crippen LogP contribution in [0.2, 0.25) is 10.0 Å². The lowest BCUT2D eigenvalue weighted by molar-refractivity contribution is -0.154. The molecule has 0 unspecified atom stereocenters. The predicted octanol–water partition coefficient (Wildman–Crippen LogP) is 4.44. The molecule has 1 fully saturated rings. The first-order valence-electron chi connectivity index (χ1n) is 10.7. The number of carbonyl (C=O) groups excluding carboxylic acids is 4. The average Bonchev–Trinajstić information content (AvgIpc) is 3.08. The molecule has 0 N–H and O–H groups in total. The molecule has 1 heterocycles. The number of imide groups is 1. The van der Waals surface area contributed by atoms with Crippen molar-refractivity contribution in [3.05, 3.63) is 75.8 Å². The second-order valence-corrected chi connectivity index (χ2v) is 9.13.